The molecule has 0 saturated carbocycles. The highest BCUT2D eigenvalue weighted by Crippen LogP contribution is 2.41. The molecule has 0 amide bonds. The molecule has 0 saturated heterocycles. The molecule has 3 nitrogen and oxygen atoms in total. The maximum Gasteiger partial charge on any atom is 0.125 e. The molecule has 19 heavy (non-hydrogen) atoms. The third-order valence-corrected chi connectivity index (χ3v) is 5.65. The Kier molecular flexibility index (Phi) is 4.98. The molecular formula is C15H26N2OS. The van der Waals surface area contributed by atoms with Gasteiger partial charge in [0, 0.05) is 17.5 Å². The third-order valence-electron chi connectivity index (χ3n) is 4.25. The first-order chi connectivity index (χ1) is 9.20. The SMILES string of the molecule is CCOC(CC)(CC)c1nc2c(s1)C(NC)CCC2. The first kappa shape index (κ1) is 14.9. The van der Waals surface area contributed by atoms with Gasteiger partial charge in [-0.2, -0.15) is 0 Å². The lowest BCUT2D eigenvalue weighted by molar-refractivity contribution is -0.0507. The number of thiazole rings is 1. The fraction of sp³-hybridized carbons (Fsp3) is 0.800. The molecular weight excluding hydrogens is 256 g/mol. The van der Waals surface area contributed by atoms with Crippen LogP contribution in [0.1, 0.15) is 68.1 Å². The Morgan fingerprint density at radius 3 is 2.68 bits per heavy atom. The van der Waals surface area contributed by atoms with Crippen LogP contribution in [0.15, 0.2) is 0 Å². The Labute approximate surface area is 120 Å². The highest BCUT2D eigenvalue weighted by molar-refractivity contribution is 7.12. The van der Waals surface area contributed by atoms with E-state index in [0.29, 0.717) is 6.04 Å². The number of hydrogen-bond acceptors (Lipinski definition) is 4. The van der Waals surface area contributed by atoms with E-state index in [1.807, 2.05) is 11.3 Å². The van der Waals surface area contributed by atoms with Gasteiger partial charge >= 0.3 is 0 Å². The Morgan fingerprint density at radius 2 is 2.11 bits per heavy atom. The largest absolute Gasteiger partial charge is 0.368 e. The molecule has 1 atom stereocenters. The zero-order valence-corrected chi connectivity index (χ0v) is 13.4. The zero-order valence-electron chi connectivity index (χ0n) is 12.6. The van der Waals surface area contributed by atoms with Gasteiger partial charge in [-0.25, -0.2) is 4.98 Å². The van der Waals surface area contributed by atoms with Crippen molar-refractivity contribution in [2.45, 2.75) is 64.5 Å². The quantitative estimate of drug-likeness (QED) is 0.862. The molecule has 1 heterocycles. The van der Waals surface area contributed by atoms with E-state index in [2.05, 4.69) is 33.1 Å². The molecule has 2 rings (SSSR count). The summed E-state index contributed by atoms with van der Waals surface area (Å²) < 4.78 is 6.09. The number of hydrogen-bond donors (Lipinski definition) is 1. The van der Waals surface area contributed by atoms with Gasteiger partial charge in [-0.05, 0) is 46.1 Å². The van der Waals surface area contributed by atoms with Gasteiger partial charge in [-0.15, -0.1) is 11.3 Å². The van der Waals surface area contributed by atoms with E-state index in [-0.39, 0.29) is 5.60 Å². The number of fused-ring (bicyclic) bond motifs is 1. The monoisotopic (exact) mass is 282 g/mol. The molecule has 0 spiro atoms. The Morgan fingerprint density at radius 1 is 1.37 bits per heavy atom. The average molecular weight is 282 g/mol. The van der Waals surface area contributed by atoms with Crippen molar-refractivity contribution in [2.24, 2.45) is 0 Å². The molecule has 1 N–H and O–H groups in total. The fourth-order valence-corrected chi connectivity index (χ4v) is 4.53. The van der Waals surface area contributed by atoms with E-state index in [4.69, 9.17) is 9.72 Å². The second-order valence-corrected chi connectivity index (χ2v) is 6.23. The summed E-state index contributed by atoms with van der Waals surface area (Å²) >= 11 is 1.87. The van der Waals surface area contributed by atoms with Crippen molar-refractivity contribution in [3.8, 4) is 0 Å². The van der Waals surface area contributed by atoms with E-state index in [1.54, 1.807) is 0 Å². The van der Waals surface area contributed by atoms with Crippen LogP contribution in [-0.4, -0.2) is 18.6 Å². The van der Waals surface area contributed by atoms with Gasteiger partial charge in [0.05, 0.1) is 5.69 Å². The molecule has 1 aromatic rings. The number of nitrogens with zero attached hydrogens (tertiary/aromatic N) is 1. The number of aryl methyl sites for hydroxylation is 1. The van der Waals surface area contributed by atoms with Crippen molar-refractivity contribution < 1.29 is 4.74 Å². The summed E-state index contributed by atoms with van der Waals surface area (Å²) in [7, 11) is 2.05. The van der Waals surface area contributed by atoms with Gasteiger partial charge in [0.1, 0.15) is 10.6 Å². The lowest BCUT2D eigenvalue weighted by Crippen LogP contribution is -2.28. The minimum Gasteiger partial charge on any atom is -0.368 e. The first-order valence-electron chi connectivity index (χ1n) is 7.52. The van der Waals surface area contributed by atoms with Crippen LogP contribution in [0.5, 0.6) is 0 Å². The minimum absolute atomic E-state index is 0.172. The fourth-order valence-electron chi connectivity index (χ4n) is 2.98. The highest BCUT2D eigenvalue weighted by atomic mass is 32.1. The second kappa shape index (κ2) is 6.33. The molecule has 0 aromatic carbocycles. The van der Waals surface area contributed by atoms with Gasteiger partial charge in [0.25, 0.3) is 0 Å². The molecule has 1 aromatic heterocycles. The second-order valence-electron chi connectivity index (χ2n) is 5.20. The topological polar surface area (TPSA) is 34.1 Å². The van der Waals surface area contributed by atoms with Crippen molar-refractivity contribution in [1.29, 1.82) is 0 Å². The van der Waals surface area contributed by atoms with Gasteiger partial charge < -0.3 is 10.1 Å². The first-order valence-corrected chi connectivity index (χ1v) is 8.33. The number of nitrogens with one attached hydrogen (secondary N) is 1. The molecule has 0 bridgehead atoms. The highest BCUT2D eigenvalue weighted by Gasteiger charge is 2.35. The molecule has 108 valence electrons. The van der Waals surface area contributed by atoms with E-state index in [1.165, 1.54) is 28.4 Å². The maximum absolute atomic E-state index is 6.09. The normalized spacial score (nSPS) is 19.5. The molecule has 0 fully saturated rings. The van der Waals surface area contributed by atoms with Crippen molar-refractivity contribution >= 4 is 11.3 Å². The summed E-state index contributed by atoms with van der Waals surface area (Å²) in [6, 6.07) is 0.489. The average Bonchev–Trinajstić information content (AvgIpc) is 2.89. The van der Waals surface area contributed by atoms with E-state index in [0.717, 1.165) is 25.9 Å². The number of aromatic nitrogens is 1. The van der Waals surface area contributed by atoms with E-state index >= 15 is 0 Å². The van der Waals surface area contributed by atoms with Gasteiger partial charge in [-0.3, -0.25) is 0 Å². The van der Waals surface area contributed by atoms with Crippen LogP contribution in [-0.2, 0) is 16.8 Å². The van der Waals surface area contributed by atoms with Gasteiger partial charge in [0.2, 0.25) is 0 Å². The molecule has 0 aliphatic heterocycles. The van der Waals surface area contributed by atoms with Gasteiger partial charge in [-0.1, -0.05) is 13.8 Å². The predicted octanol–water partition coefficient (Wildman–Crippen LogP) is 3.79. The Hall–Kier alpha value is -0.450. The van der Waals surface area contributed by atoms with Gasteiger partial charge in [0.15, 0.2) is 0 Å². The summed E-state index contributed by atoms with van der Waals surface area (Å²) in [5.41, 5.74) is 1.13. The number of rotatable bonds is 6. The standard InChI is InChI=1S/C15H26N2OS/c1-5-15(6-2,18-7-3)14-17-12-10-8-9-11(16-4)13(12)19-14/h11,16H,5-10H2,1-4H3. The smallest absolute Gasteiger partial charge is 0.125 e. The van der Waals surface area contributed by atoms with Crippen LogP contribution in [0.3, 0.4) is 0 Å². The van der Waals surface area contributed by atoms with Crippen molar-refractivity contribution in [3.63, 3.8) is 0 Å². The molecule has 1 unspecified atom stereocenters. The molecule has 0 radical (unpaired) electrons. The van der Waals surface area contributed by atoms with Crippen LogP contribution >= 0.6 is 11.3 Å². The van der Waals surface area contributed by atoms with Crippen LogP contribution in [0.4, 0.5) is 0 Å². The van der Waals surface area contributed by atoms with E-state index < -0.39 is 0 Å². The molecule has 1 aliphatic carbocycles. The summed E-state index contributed by atoms with van der Waals surface area (Å²) in [5.74, 6) is 0. The summed E-state index contributed by atoms with van der Waals surface area (Å²) in [6.07, 6.45) is 5.58. The predicted molar refractivity (Wildman–Crippen MR) is 80.7 cm³/mol. The maximum atomic E-state index is 6.09. The zero-order chi connectivity index (χ0) is 13.9. The van der Waals surface area contributed by atoms with Crippen molar-refractivity contribution in [2.75, 3.05) is 13.7 Å². The third kappa shape index (κ3) is 2.71. The minimum atomic E-state index is -0.172. The van der Waals surface area contributed by atoms with E-state index in [9.17, 15) is 0 Å². The molecule has 4 heteroatoms. The summed E-state index contributed by atoms with van der Waals surface area (Å²) in [6.45, 7) is 7.23. The summed E-state index contributed by atoms with van der Waals surface area (Å²) in [5, 5.41) is 4.61. The van der Waals surface area contributed by atoms with Crippen LogP contribution in [0, 0.1) is 0 Å². The Balaban J connectivity index is 2.37. The van der Waals surface area contributed by atoms with Crippen LogP contribution in [0.2, 0.25) is 0 Å². The molecule has 1 aliphatic rings. The lowest BCUT2D eigenvalue weighted by atomic mass is 9.96. The lowest BCUT2D eigenvalue weighted by Gasteiger charge is -2.29. The van der Waals surface area contributed by atoms with Crippen molar-refractivity contribution in [1.82, 2.24) is 10.3 Å². The van der Waals surface area contributed by atoms with Crippen molar-refractivity contribution in [3.05, 3.63) is 15.6 Å². The number of ether oxygens (including phenoxy) is 1. The summed E-state index contributed by atoms with van der Waals surface area (Å²) in [4.78, 5) is 6.37. The van der Waals surface area contributed by atoms with Crippen LogP contribution in [0.25, 0.3) is 0 Å². The Bertz CT molecular complexity index is 412. The van der Waals surface area contributed by atoms with Crippen LogP contribution < -0.4 is 5.32 Å².